The van der Waals surface area contributed by atoms with Crippen LogP contribution in [0.3, 0.4) is 0 Å². The summed E-state index contributed by atoms with van der Waals surface area (Å²) in [5, 5.41) is 8.79. The van der Waals surface area contributed by atoms with Gasteiger partial charge in [0.15, 0.2) is 5.75 Å². The minimum absolute atomic E-state index is 0.0136. The fourth-order valence-electron chi connectivity index (χ4n) is 2.72. The van der Waals surface area contributed by atoms with Gasteiger partial charge in [-0.3, -0.25) is 9.67 Å². The third-order valence-electron chi connectivity index (χ3n) is 3.73. The van der Waals surface area contributed by atoms with Gasteiger partial charge < -0.3 is 10.1 Å². The zero-order valence-corrected chi connectivity index (χ0v) is 12.4. The number of pyridine rings is 1. The van der Waals surface area contributed by atoms with Gasteiger partial charge in [-0.25, -0.2) is 0 Å². The van der Waals surface area contributed by atoms with Gasteiger partial charge in [-0.2, -0.15) is 5.10 Å². The Bertz CT molecular complexity index is 761. The summed E-state index contributed by atoms with van der Waals surface area (Å²) in [6.07, 6.45) is 3.58. The predicted molar refractivity (Wildman–Crippen MR) is 82.4 cm³/mol. The molecule has 3 aromatic rings. The number of nitrogens with zero attached hydrogens (tertiary/aromatic N) is 3. The lowest BCUT2D eigenvalue weighted by atomic mass is 9.99. The van der Waals surface area contributed by atoms with Crippen LogP contribution in [0.25, 0.3) is 10.9 Å². The molecule has 21 heavy (non-hydrogen) atoms. The van der Waals surface area contributed by atoms with Crippen LogP contribution < -0.4 is 10.1 Å². The van der Waals surface area contributed by atoms with Gasteiger partial charge in [0.25, 0.3) is 0 Å². The molecule has 0 amide bonds. The molecule has 0 aliphatic carbocycles. The van der Waals surface area contributed by atoms with Crippen molar-refractivity contribution in [3.05, 3.63) is 54.0 Å². The maximum absolute atomic E-state index is 5.44. The number of aryl methyl sites for hydroxylation is 1. The molecule has 1 aromatic carbocycles. The minimum atomic E-state index is -0.0136. The summed E-state index contributed by atoms with van der Waals surface area (Å²) in [6.45, 7) is 0. The molecule has 0 aliphatic heterocycles. The van der Waals surface area contributed by atoms with E-state index in [-0.39, 0.29) is 6.04 Å². The van der Waals surface area contributed by atoms with Crippen LogP contribution in [0.15, 0.2) is 42.7 Å². The first-order valence-corrected chi connectivity index (χ1v) is 6.83. The number of benzene rings is 1. The highest BCUT2D eigenvalue weighted by atomic mass is 16.5. The van der Waals surface area contributed by atoms with E-state index in [2.05, 4.69) is 21.5 Å². The molecular formula is C16H18N4O. The second-order valence-electron chi connectivity index (χ2n) is 4.86. The molecule has 0 radical (unpaired) electrons. The largest absolute Gasteiger partial charge is 0.493 e. The van der Waals surface area contributed by atoms with Crippen LogP contribution >= 0.6 is 0 Å². The Morgan fingerprint density at radius 2 is 2.05 bits per heavy atom. The Hall–Kier alpha value is -2.40. The van der Waals surface area contributed by atoms with Crippen LogP contribution in [-0.2, 0) is 7.05 Å². The SMILES string of the molecule is CNC(c1ccnc2ccccc12)c1c(OC)cnn1C. The Kier molecular flexibility index (Phi) is 3.58. The van der Waals surface area contributed by atoms with Crippen molar-refractivity contribution in [1.82, 2.24) is 20.1 Å². The predicted octanol–water partition coefficient (Wildman–Crippen LogP) is 2.29. The third-order valence-corrected chi connectivity index (χ3v) is 3.73. The first-order valence-electron chi connectivity index (χ1n) is 6.83. The summed E-state index contributed by atoms with van der Waals surface area (Å²) in [6, 6.07) is 10.2. The molecule has 1 N–H and O–H groups in total. The summed E-state index contributed by atoms with van der Waals surface area (Å²) >= 11 is 0. The number of ether oxygens (including phenoxy) is 1. The Labute approximate surface area is 123 Å². The van der Waals surface area contributed by atoms with Crippen LogP contribution in [0, 0.1) is 0 Å². The summed E-state index contributed by atoms with van der Waals surface area (Å²) in [5.74, 6) is 0.776. The molecule has 2 aromatic heterocycles. The molecule has 0 fully saturated rings. The lowest BCUT2D eigenvalue weighted by Crippen LogP contribution is -2.21. The lowest BCUT2D eigenvalue weighted by Gasteiger charge is -2.20. The summed E-state index contributed by atoms with van der Waals surface area (Å²) in [7, 11) is 5.52. The number of para-hydroxylation sites is 1. The third kappa shape index (κ3) is 2.25. The van der Waals surface area contributed by atoms with Crippen molar-refractivity contribution in [2.24, 2.45) is 7.05 Å². The summed E-state index contributed by atoms with van der Waals surface area (Å²) in [5.41, 5.74) is 3.14. The van der Waals surface area contributed by atoms with Crippen LogP contribution in [0.5, 0.6) is 5.75 Å². The van der Waals surface area contributed by atoms with Crippen molar-refractivity contribution in [2.75, 3.05) is 14.2 Å². The summed E-state index contributed by atoms with van der Waals surface area (Å²) in [4.78, 5) is 4.42. The molecule has 108 valence electrons. The van der Waals surface area contributed by atoms with E-state index in [0.29, 0.717) is 0 Å². The highest BCUT2D eigenvalue weighted by molar-refractivity contribution is 5.82. The van der Waals surface area contributed by atoms with Gasteiger partial charge in [0.1, 0.15) is 5.69 Å². The molecule has 0 spiro atoms. The highest BCUT2D eigenvalue weighted by Crippen LogP contribution is 2.32. The zero-order chi connectivity index (χ0) is 14.8. The number of aromatic nitrogens is 3. The van der Waals surface area contributed by atoms with E-state index in [9.17, 15) is 0 Å². The number of hydrogen-bond donors (Lipinski definition) is 1. The van der Waals surface area contributed by atoms with Crippen molar-refractivity contribution >= 4 is 10.9 Å². The van der Waals surface area contributed by atoms with Gasteiger partial charge >= 0.3 is 0 Å². The molecule has 0 saturated heterocycles. The van der Waals surface area contributed by atoms with Crippen LogP contribution in [0.2, 0.25) is 0 Å². The van der Waals surface area contributed by atoms with Gasteiger partial charge in [0, 0.05) is 18.6 Å². The molecule has 0 aliphatic rings. The first-order chi connectivity index (χ1) is 10.3. The average Bonchev–Trinajstić information content (AvgIpc) is 2.90. The van der Waals surface area contributed by atoms with E-state index in [0.717, 1.165) is 27.9 Å². The quantitative estimate of drug-likeness (QED) is 0.797. The van der Waals surface area contributed by atoms with Crippen molar-refractivity contribution in [3.63, 3.8) is 0 Å². The van der Waals surface area contributed by atoms with Crippen molar-refractivity contribution < 1.29 is 4.74 Å². The standard InChI is InChI=1S/C16H18N4O/c1-17-15(16-14(21-3)10-19-20(16)2)12-8-9-18-13-7-5-4-6-11(12)13/h4-10,15,17H,1-3H3. The Morgan fingerprint density at radius 1 is 1.24 bits per heavy atom. The number of methoxy groups -OCH3 is 1. The molecule has 0 bridgehead atoms. The first kappa shape index (κ1) is 13.6. The number of hydrogen-bond acceptors (Lipinski definition) is 4. The van der Waals surface area contributed by atoms with Crippen LogP contribution in [0.1, 0.15) is 17.3 Å². The summed E-state index contributed by atoms with van der Waals surface area (Å²) < 4.78 is 7.29. The smallest absolute Gasteiger partial charge is 0.161 e. The molecule has 5 nitrogen and oxygen atoms in total. The minimum Gasteiger partial charge on any atom is -0.493 e. The molecule has 1 atom stereocenters. The number of nitrogens with one attached hydrogen (secondary N) is 1. The average molecular weight is 282 g/mol. The monoisotopic (exact) mass is 282 g/mol. The zero-order valence-electron chi connectivity index (χ0n) is 12.4. The maximum atomic E-state index is 5.44. The normalized spacial score (nSPS) is 12.5. The fraction of sp³-hybridized carbons (Fsp3) is 0.250. The van der Waals surface area contributed by atoms with Crippen molar-refractivity contribution in [1.29, 1.82) is 0 Å². The van der Waals surface area contributed by atoms with E-state index in [1.54, 1.807) is 13.3 Å². The van der Waals surface area contributed by atoms with Gasteiger partial charge in [-0.15, -0.1) is 0 Å². The lowest BCUT2D eigenvalue weighted by molar-refractivity contribution is 0.403. The molecule has 1 unspecified atom stereocenters. The van der Waals surface area contributed by atoms with Crippen molar-refractivity contribution in [2.45, 2.75) is 6.04 Å². The van der Waals surface area contributed by atoms with Gasteiger partial charge in [-0.05, 0) is 24.7 Å². The van der Waals surface area contributed by atoms with Crippen molar-refractivity contribution in [3.8, 4) is 5.75 Å². The Balaban J connectivity index is 2.21. The highest BCUT2D eigenvalue weighted by Gasteiger charge is 2.22. The number of rotatable bonds is 4. The molecule has 0 saturated carbocycles. The van der Waals surface area contributed by atoms with E-state index < -0.39 is 0 Å². The van der Waals surface area contributed by atoms with E-state index in [1.165, 1.54) is 0 Å². The van der Waals surface area contributed by atoms with Crippen LogP contribution in [0.4, 0.5) is 0 Å². The fourth-order valence-corrected chi connectivity index (χ4v) is 2.72. The number of fused-ring (bicyclic) bond motifs is 1. The molecule has 2 heterocycles. The molecular weight excluding hydrogens is 264 g/mol. The van der Waals surface area contributed by atoms with Gasteiger partial charge in [-0.1, -0.05) is 18.2 Å². The van der Waals surface area contributed by atoms with Crippen LogP contribution in [-0.4, -0.2) is 28.9 Å². The molecule has 3 rings (SSSR count). The van der Waals surface area contributed by atoms with E-state index >= 15 is 0 Å². The molecule has 5 heteroatoms. The van der Waals surface area contributed by atoms with Gasteiger partial charge in [0.05, 0.1) is 24.9 Å². The van der Waals surface area contributed by atoms with E-state index in [1.807, 2.05) is 49.2 Å². The second kappa shape index (κ2) is 5.54. The second-order valence-corrected chi connectivity index (χ2v) is 4.86. The van der Waals surface area contributed by atoms with Gasteiger partial charge in [0.2, 0.25) is 0 Å². The maximum Gasteiger partial charge on any atom is 0.161 e. The van der Waals surface area contributed by atoms with E-state index in [4.69, 9.17) is 4.74 Å². The Morgan fingerprint density at radius 3 is 2.81 bits per heavy atom. The topological polar surface area (TPSA) is 52.0 Å².